The van der Waals surface area contributed by atoms with Crippen LogP contribution in [0, 0.1) is 11.7 Å². The van der Waals surface area contributed by atoms with Crippen LogP contribution in [0.3, 0.4) is 0 Å². The van der Waals surface area contributed by atoms with Crippen molar-refractivity contribution in [3.05, 3.63) is 29.6 Å². The molecule has 0 saturated carbocycles. The number of carbonyl (C=O) groups excluding carboxylic acids is 1. The number of rotatable bonds is 3. The summed E-state index contributed by atoms with van der Waals surface area (Å²) >= 11 is 0. The molecule has 2 aliphatic heterocycles. The van der Waals surface area contributed by atoms with Crippen LogP contribution in [0.4, 0.5) is 10.1 Å². The lowest BCUT2D eigenvalue weighted by Gasteiger charge is -2.29. The molecule has 0 unspecified atom stereocenters. The Bertz CT molecular complexity index is 575. The molecule has 2 aliphatic rings. The third-order valence-corrected chi connectivity index (χ3v) is 4.95. The average molecular weight is 336 g/mol. The molecule has 2 heterocycles. The number of hydrogen-bond acceptors (Lipinski definition) is 4. The number of benzene rings is 1. The van der Waals surface area contributed by atoms with Crippen LogP contribution in [0.5, 0.6) is 0 Å². The predicted octanol–water partition coefficient (Wildman–Crippen LogP) is 1.78. The summed E-state index contributed by atoms with van der Waals surface area (Å²) in [5, 5.41) is 9.23. The lowest BCUT2D eigenvalue weighted by Crippen LogP contribution is -2.40. The predicted molar refractivity (Wildman–Crippen MR) is 89.3 cm³/mol. The van der Waals surface area contributed by atoms with E-state index in [9.17, 15) is 14.3 Å². The van der Waals surface area contributed by atoms with Crippen molar-refractivity contribution in [2.24, 2.45) is 5.92 Å². The maximum absolute atomic E-state index is 14.4. The number of amides is 1. The molecule has 1 amide bonds. The molecule has 3 rings (SSSR count). The number of halogens is 1. The highest BCUT2D eigenvalue weighted by Gasteiger charge is 2.28. The van der Waals surface area contributed by atoms with Gasteiger partial charge in [-0.1, -0.05) is 12.1 Å². The summed E-state index contributed by atoms with van der Waals surface area (Å²) in [4.78, 5) is 16.6. The topological polar surface area (TPSA) is 53.0 Å². The van der Waals surface area contributed by atoms with Crippen LogP contribution in [0.25, 0.3) is 0 Å². The van der Waals surface area contributed by atoms with Gasteiger partial charge in [-0.25, -0.2) is 4.39 Å². The van der Waals surface area contributed by atoms with Crippen LogP contribution in [-0.2, 0) is 16.1 Å². The van der Waals surface area contributed by atoms with E-state index in [0.717, 1.165) is 19.3 Å². The van der Waals surface area contributed by atoms with Gasteiger partial charge in [0, 0.05) is 50.9 Å². The lowest BCUT2D eigenvalue weighted by molar-refractivity contribution is -0.138. The first-order chi connectivity index (χ1) is 11.7. The number of carbonyl (C=O) groups is 1. The number of aliphatic hydroxyl groups is 1. The van der Waals surface area contributed by atoms with E-state index in [1.165, 1.54) is 0 Å². The fraction of sp³-hybridized carbons (Fsp3) is 0.611. The summed E-state index contributed by atoms with van der Waals surface area (Å²) in [7, 11) is 0. The molecule has 1 aromatic rings. The minimum Gasteiger partial charge on any atom is -0.392 e. The van der Waals surface area contributed by atoms with Gasteiger partial charge in [-0.3, -0.25) is 4.79 Å². The standard InChI is InChI=1S/C18H25FN2O3/c19-17-15(13-22)3-1-4-16(17)20-7-2-8-21(10-9-20)18(23)14-5-11-24-12-6-14/h1,3-4,14,22H,2,5-13H2. The van der Waals surface area contributed by atoms with Crippen LogP contribution in [0.2, 0.25) is 0 Å². The van der Waals surface area contributed by atoms with Crippen LogP contribution >= 0.6 is 0 Å². The zero-order valence-corrected chi connectivity index (χ0v) is 13.9. The molecule has 0 radical (unpaired) electrons. The van der Waals surface area contributed by atoms with E-state index in [2.05, 4.69) is 0 Å². The smallest absolute Gasteiger partial charge is 0.225 e. The molecule has 24 heavy (non-hydrogen) atoms. The Morgan fingerprint density at radius 1 is 1.21 bits per heavy atom. The zero-order valence-electron chi connectivity index (χ0n) is 13.9. The van der Waals surface area contributed by atoms with Crippen molar-refractivity contribution in [1.29, 1.82) is 0 Å². The van der Waals surface area contributed by atoms with Gasteiger partial charge in [0.1, 0.15) is 0 Å². The molecule has 0 bridgehead atoms. The molecule has 0 atom stereocenters. The molecule has 1 N–H and O–H groups in total. The Morgan fingerprint density at radius 3 is 2.75 bits per heavy atom. The molecule has 1 aromatic carbocycles. The van der Waals surface area contributed by atoms with Gasteiger partial charge in [0.25, 0.3) is 0 Å². The Kier molecular flexibility index (Phi) is 5.68. The summed E-state index contributed by atoms with van der Waals surface area (Å²) in [5.41, 5.74) is 0.828. The monoisotopic (exact) mass is 336 g/mol. The highest BCUT2D eigenvalue weighted by Crippen LogP contribution is 2.25. The number of ether oxygens (including phenoxy) is 1. The minimum atomic E-state index is -0.357. The van der Waals surface area contributed by atoms with Gasteiger partial charge >= 0.3 is 0 Å². The van der Waals surface area contributed by atoms with Crippen LogP contribution in [-0.4, -0.2) is 55.3 Å². The summed E-state index contributed by atoms with van der Waals surface area (Å²) in [5.74, 6) is -0.0753. The number of nitrogens with zero attached hydrogens (tertiary/aromatic N) is 2. The van der Waals surface area contributed by atoms with Gasteiger partial charge in [-0.2, -0.15) is 0 Å². The van der Waals surface area contributed by atoms with Gasteiger partial charge in [0.2, 0.25) is 5.91 Å². The SMILES string of the molecule is O=C(C1CCOCC1)N1CCCN(c2cccc(CO)c2F)CC1. The van der Waals surface area contributed by atoms with Gasteiger partial charge in [-0.05, 0) is 25.3 Å². The third-order valence-electron chi connectivity index (χ3n) is 4.95. The molecule has 0 spiro atoms. The Balaban J connectivity index is 1.66. The maximum atomic E-state index is 14.4. The number of aliphatic hydroxyl groups excluding tert-OH is 1. The molecule has 6 heteroatoms. The third kappa shape index (κ3) is 3.70. The second-order valence-electron chi connectivity index (χ2n) is 6.46. The van der Waals surface area contributed by atoms with Gasteiger partial charge in [0.15, 0.2) is 5.82 Å². The first-order valence-corrected chi connectivity index (χ1v) is 8.70. The fourth-order valence-electron chi connectivity index (χ4n) is 3.51. The second-order valence-corrected chi connectivity index (χ2v) is 6.46. The maximum Gasteiger partial charge on any atom is 0.225 e. The van der Waals surface area contributed by atoms with Crippen molar-refractivity contribution in [3.8, 4) is 0 Å². The van der Waals surface area contributed by atoms with E-state index in [-0.39, 0.29) is 24.2 Å². The summed E-state index contributed by atoms with van der Waals surface area (Å²) in [6.45, 7) is 3.67. The summed E-state index contributed by atoms with van der Waals surface area (Å²) in [6.07, 6.45) is 2.41. The van der Waals surface area contributed by atoms with Crippen molar-refractivity contribution >= 4 is 11.6 Å². The van der Waals surface area contributed by atoms with Crippen molar-refractivity contribution in [1.82, 2.24) is 4.90 Å². The van der Waals surface area contributed by atoms with E-state index in [4.69, 9.17) is 4.74 Å². The molecular weight excluding hydrogens is 311 g/mol. The quantitative estimate of drug-likeness (QED) is 0.914. The largest absolute Gasteiger partial charge is 0.392 e. The van der Waals surface area contributed by atoms with Crippen molar-refractivity contribution in [3.63, 3.8) is 0 Å². The number of anilines is 1. The molecule has 0 aliphatic carbocycles. The normalized spacial score (nSPS) is 20.1. The van der Waals surface area contributed by atoms with Crippen molar-refractivity contribution < 1.29 is 19.0 Å². The Morgan fingerprint density at radius 2 is 2.00 bits per heavy atom. The molecule has 2 fully saturated rings. The van der Waals surface area contributed by atoms with E-state index in [0.29, 0.717) is 50.6 Å². The van der Waals surface area contributed by atoms with E-state index in [1.807, 2.05) is 9.80 Å². The molecule has 0 aromatic heterocycles. The van der Waals surface area contributed by atoms with E-state index >= 15 is 0 Å². The van der Waals surface area contributed by atoms with Crippen LogP contribution in [0.15, 0.2) is 18.2 Å². The molecular formula is C18H25FN2O3. The zero-order chi connectivity index (χ0) is 16.9. The molecule has 5 nitrogen and oxygen atoms in total. The van der Waals surface area contributed by atoms with Crippen LogP contribution in [0.1, 0.15) is 24.8 Å². The van der Waals surface area contributed by atoms with Crippen molar-refractivity contribution in [2.45, 2.75) is 25.9 Å². The van der Waals surface area contributed by atoms with E-state index in [1.54, 1.807) is 18.2 Å². The Hall–Kier alpha value is -1.66. The first kappa shape index (κ1) is 17.2. The van der Waals surface area contributed by atoms with Crippen LogP contribution < -0.4 is 4.90 Å². The molecule has 132 valence electrons. The Labute approximate surface area is 142 Å². The van der Waals surface area contributed by atoms with E-state index < -0.39 is 0 Å². The lowest BCUT2D eigenvalue weighted by atomic mass is 9.98. The summed E-state index contributed by atoms with van der Waals surface area (Å²) < 4.78 is 19.8. The molecule has 2 saturated heterocycles. The van der Waals surface area contributed by atoms with Gasteiger partial charge in [-0.15, -0.1) is 0 Å². The van der Waals surface area contributed by atoms with Crippen molar-refractivity contribution in [2.75, 3.05) is 44.3 Å². The fourth-order valence-corrected chi connectivity index (χ4v) is 3.51. The minimum absolute atomic E-state index is 0.0692. The first-order valence-electron chi connectivity index (χ1n) is 8.70. The second kappa shape index (κ2) is 7.94. The van der Waals surface area contributed by atoms with Gasteiger partial charge < -0.3 is 19.6 Å². The average Bonchev–Trinajstić information content (AvgIpc) is 2.88. The number of hydrogen-bond donors (Lipinski definition) is 1. The highest BCUT2D eigenvalue weighted by molar-refractivity contribution is 5.79. The highest BCUT2D eigenvalue weighted by atomic mass is 19.1. The summed E-state index contributed by atoms with van der Waals surface area (Å²) in [6, 6.07) is 5.10. The van der Waals surface area contributed by atoms with Gasteiger partial charge in [0.05, 0.1) is 12.3 Å².